The van der Waals surface area contributed by atoms with Crippen molar-refractivity contribution in [1.29, 1.82) is 0 Å². The minimum Gasteiger partial charge on any atom is -0.339 e. The topological polar surface area (TPSA) is 46.3 Å². The fourth-order valence-electron chi connectivity index (χ4n) is 3.36. The lowest BCUT2D eigenvalue weighted by atomic mass is 9.81. The van der Waals surface area contributed by atoms with Crippen LogP contribution in [-0.2, 0) is 4.79 Å². The van der Waals surface area contributed by atoms with E-state index in [2.05, 4.69) is 25.7 Å². The van der Waals surface area contributed by atoms with E-state index < -0.39 is 0 Å². The molecule has 1 aliphatic carbocycles. The molecule has 0 radical (unpaired) electrons. The molecule has 1 heterocycles. The molecule has 0 aromatic rings. The van der Waals surface area contributed by atoms with Gasteiger partial charge >= 0.3 is 0 Å². The van der Waals surface area contributed by atoms with Crippen LogP contribution in [0.3, 0.4) is 0 Å². The number of rotatable bonds is 1. The van der Waals surface area contributed by atoms with Crippen molar-refractivity contribution in [3.05, 3.63) is 0 Å². The Morgan fingerprint density at radius 1 is 1.29 bits per heavy atom. The van der Waals surface area contributed by atoms with Gasteiger partial charge in [0.25, 0.3) is 0 Å². The fraction of sp³-hybridized carbons (Fsp3) is 0.929. The smallest absolute Gasteiger partial charge is 0.230 e. The van der Waals surface area contributed by atoms with Crippen LogP contribution in [0.4, 0.5) is 0 Å². The van der Waals surface area contributed by atoms with E-state index in [9.17, 15) is 4.79 Å². The van der Waals surface area contributed by atoms with E-state index >= 15 is 0 Å². The van der Waals surface area contributed by atoms with Gasteiger partial charge in [-0.25, -0.2) is 0 Å². The van der Waals surface area contributed by atoms with Gasteiger partial charge in [-0.1, -0.05) is 13.3 Å². The van der Waals surface area contributed by atoms with Crippen LogP contribution in [-0.4, -0.2) is 29.4 Å². The summed E-state index contributed by atoms with van der Waals surface area (Å²) in [6.07, 6.45) is 5.44. The Balaban J connectivity index is 2.13. The summed E-state index contributed by atoms with van der Waals surface area (Å²) in [5.74, 6) is 0.943. The van der Waals surface area contributed by atoms with Crippen LogP contribution in [0.15, 0.2) is 0 Å². The summed E-state index contributed by atoms with van der Waals surface area (Å²) in [6.45, 7) is 7.40. The van der Waals surface area contributed by atoms with Gasteiger partial charge in [0.05, 0.1) is 5.41 Å². The van der Waals surface area contributed by atoms with E-state index in [0.29, 0.717) is 17.9 Å². The zero-order valence-corrected chi connectivity index (χ0v) is 11.4. The van der Waals surface area contributed by atoms with Gasteiger partial charge in [0, 0.05) is 18.6 Å². The van der Waals surface area contributed by atoms with E-state index in [1.165, 1.54) is 6.42 Å². The number of carbonyl (C=O) groups is 1. The molecular weight excluding hydrogens is 212 g/mol. The van der Waals surface area contributed by atoms with Crippen molar-refractivity contribution in [3.63, 3.8) is 0 Å². The van der Waals surface area contributed by atoms with Gasteiger partial charge in [-0.05, 0) is 45.4 Å². The number of nitrogens with two attached hydrogens (primary N) is 1. The first-order valence-electron chi connectivity index (χ1n) is 7.02. The van der Waals surface area contributed by atoms with Gasteiger partial charge in [-0.15, -0.1) is 0 Å². The molecule has 0 bridgehead atoms. The number of carbonyl (C=O) groups excluding carboxylic acids is 1. The molecule has 3 nitrogen and oxygen atoms in total. The summed E-state index contributed by atoms with van der Waals surface area (Å²) >= 11 is 0. The predicted molar refractivity (Wildman–Crippen MR) is 69.5 cm³/mol. The number of piperidine rings is 1. The summed E-state index contributed by atoms with van der Waals surface area (Å²) in [5, 5.41) is 0. The van der Waals surface area contributed by atoms with Gasteiger partial charge in [0.15, 0.2) is 0 Å². The van der Waals surface area contributed by atoms with E-state index in [4.69, 9.17) is 5.73 Å². The molecular formula is C14H26N2O. The maximum atomic E-state index is 12.7. The molecule has 1 aliphatic heterocycles. The molecule has 17 heavy (non-hydrogen) atoms. The molecule has 4 unspecified atom stereocenters. The van der Waals surface area contributed by atoms with Crippen LogP contribution in [0.1, 0.15) is 52.9 Å². The average molecular weight is 238 g/mol. The van der Waals surface area contributed by atoms with Crippen molar-refractivity contribution < 1.29 is 4.79 Å². The van der Waals surface area contributed by atoms with Crippen LogP contribution < -0.4 is 5.73 Å². The van der Waals surface area contributed by atoms with Crippen LogP contribution in [0.2, 0.25) is 0 Å². The molecule has 0 aromatic heterocycles. The Morgan fingerprint density at radius 3 is 2.59 bits per heavy atom. The van der Waals surface area contributed by atoms with E-state index in [-0.39, 0.29) is 11.5 Å². The zero-order chi connectivity index (χ0) is 12.6. The quantitative estimate of drug-likeness (QED) is 0.761. The first kappa shape index (κ1) is 12.9. The summed E-state index contributed by atoms with van der Waals surface area (Å²) in [7, 11) is 0. The number of nitrogens with zero attached hydrogens (tertiary/aromatic N) is 1. The Kier molecular flexibility index (Phi) is 3.48. The Hall–Kier alpha value is -0.570. The van der Waals surface area contributed by atoms with Crippen molar-refractivity contribution in [2.24, 2.45) is 17.1 Å². The summed E-state index contributed by atoms with van der Waals surface area (Å²) in [5.41, 5.74) is 5.85. The maximum absolute atomic E-state index is 12.7. The second-order valence-corrected chi connectivity index (χ2v) is 6.41. The van der Waals surface area contributed by atoms with Gasteiger partial charge in [0.1, 0.15) is 0 Å². The van der Waals surface area contributed by atoms with Crippen LogP contribution in [0, 0.1) is 11.3 Å². The van der Waals surface area contributed by atoms with Crippen LogP contribution >= 0.6 is 0 Å². The molecule has 2 N–H and O–H groups in total. The molecule has 1 saturated heterocycles. The van der Waals surface area contributed by atoms with Gasteiger partial charge in [0.2, 0.25) is 5.91 Å². The Morgan fingerprint density at radius 2 is 2.00 bits per heavy atom. The predicted octanol–water partition coefficient (Wildman–Crippen LogP) is 2.15. The summed E-state index contributed by atoms with van der Waals surface area (Å²) < 4.78 is 0. The average Bonchev–Trinajstić information content (AvgIpc) is 2.63. The normalized spacial score (nSPS) is 42.8. The highest BCUT2D eigenvalue weighted by Gasteiger charge is 2.46. The molecule has 3 heteroatoms. The standard InChI is InChI=1S/C14H26N2O/c1-10-6-7-11(2)16(9-10)13(17)14(3)8-4-5-12(14)15/h10-12H,4-9,15H2,1-3H3. The first-order chi connectivity index (χ1) is 7.95. The van der Waals surface area contributed by atoms with Gasteiger partial charge < -0.3 is 10.6 Å². The molecule has 2 rings (SSSR count). The van der Waals surface area contributed by atoms with Crippen LogP contribution in [0.25, 0.3) is 0 Å². The van der Waals surface area contributed by atoms with Crippen molar-refractivity contribution in [2.75, 3.05) is 6.54 Å². The SMILES string of the molecule is CC1CCC(C)N(C(=O)C2(C)CCCC2N)C1. The Bertz CT molecular complexity index is 305. The van der Waals surface area contributed by atoms with E-state index in [1.807, 2.05) is 0 Å². The van der Waals surface area contributed by atoms with E-state index in [1.54, 1.807) is 0 Å². The van der Waals surface area contributed by atoms with E-state index in [0.717, 1.165) is 32.2 Å². The maximum Gasteiger partial charge on any atom is 0.230 e. The largest absolute Gasteiger partial charge is 0.339 e. The van der Waals surface area contributed by atoms with Crippen molar-refractivity contribution in [3.8, 4) is 0 Å². The second kappa shape index (κ2) is 4.60. The molecule has 0 spiro atoms. The van der Waals surface area contributed by atoms with Crippen LogP contribution in [0.5, 0.6) is 0 Å². The third kappa shape index (κ3) is 2.22. The van der Waals surface area contributed by atoms with Gasteiger partial charge in [-0.3, -0.25) is 4.79 Å². The second-order valence-electron chi connectivity index (χ2n) is 6.41. The fourth-order valence-corrected chi connectivity index (χ4v) is 3.36. The Labute approximate surface area is 105 Å². The molecule has 2 aliphatic rings. The minimum atomic E-state index is -0.300. The summed E-state index contributed by atoms with van der Waals surface area (Å²) in [6, 6.07) is 0.447. The summed E-state index contributed by atoms with van der Waals surface area (Å²) in [4.78, 5) is 14.8. The highest BCUT2D eigenvalue weighted by Crippen LogP contribution is 2.40. The molecule has 98 valence electrons. The monoisotopic (exact) mass is 238 g/mol. The lowest BCUT2D eigenvalue weighted by Crippen LogP contribution is -2.54. The zero-order valence-electron chi connectivity index (χ0n) is 11.4. The third-order valence-electron chi connectivity index (χ3n) is 4.90. The van der Waals surface area contributed by atoms with Crippen molar-refractivity contribution in [2.45, 2.75) is 65.0 Å². The number of amides is 1. The van der Waals surface area contributed by atoms with Crippen molar-refractivity contribution in [1.82, 2.24) is 4.90 Å². The molecule has 1 saturated carbocycles. The van der Waals surface area contributed by atoms with Crippen molar-refractivity contribution >= 4 is 5.91 Å². The third-order valence-corrected chi connectivity index (χ3v) is 4.90. The number of hydrogen-bond acceptors (Lipinski definition) is 2. The molecule has 2 fully saturated rings. The lowest BCUT2D eigenvalue weighted by Gasteiger charge is -2.42. The molecule has 4 atom stereocenters. The number of hydrogen-bond donors (Lipinski definition) is 1. The highest BCUT2D eigenvalue weighted by atomic mass is 16.2. The highest BCUT2D eigenvalue weighted by molar-refractivity contribution is 5.84. The first-order valence-corrected chi connectivity index (χ1v) is 7.02. The molecule has 0 aromatic carbocycles. The minimum absolute atomic E-state index is 0.0550. The lowest BCUT2D eigenvalue weighted by molar-refractivity contribution is -0.146. The van der Waals surface area contributed by atoms with Gasteiger partial charge in [-0.2, -0.15) is 0 Å². The molecule has 1 amide bonds. The number of likely N-dealkylation sites (tertiary alicyclic amines) is 1.